The van der Waals surface area contributed by atoms with Crippen LogP contribution in [0.3, 0.4) is 0 Å². The molecule has 0 unspecified atom stereocenters. The van der Waals surface area contributed by atoms with E-state index < -0.39 is 17.3 Å². The molecule has 4 nitrogen and oxygen atoms in total. The number of anilines is 1. The lowest BCUT2D eigenvalue weighted by Gasteiger charge is -2.09. The van der Waals surface area contributed by atoms with E-state index >= 15 is 0 Å². The first-order valence-electron chi connectivity index (χ1n) is 5.12. The number of aromatic amines is 1. The van der Waals surface area contributed by atoms with Crippen molar-refractivity contribution < 1.29 is 9.18 Å². The van der Waals surface area contributed by atoms with Crippen LogP contribution in [0.25, 0.3) is 0 Å². The Balaban J connectivity index is 2.35. The summed E-state index contributed by atoms with van der Waals surface area (Å²) in [4.78, 5) is 25.8. The second-order valence-corrected chi connectivity index (χ2v) is 4.87. The van der Waals surface area contributed by atoms with Crippen LogP contribution < -0.4 is 10.9 Å². The van der Waals surface area contributed by atoms with Gasteiger partial charge in [-0.05, 0) is 40.2 Å². The third-order valence-electron chi connectivity index (χ3n) is 2.31. The summed E-state index contributed by atoms with van der Waals surface area (Å²) in [6, 6.07) is 5.13. The van der Waals surface area contributed by atoms with E-state index in [4.69, 9.17) is 11.6 Å². The molecule has 0 aliphatic rings. The molecule has 0 aliphatic carbocycles. The average Bonchev–Trinajstić information content (AvgIpc) is 2.34. The lowest BCUT2D eigenvalue weighted by atomic mass is 10.2. The Bertz CT molecular complexity index is 679. The third kappa shape index (κ3) is 3.02. The molecule has 0 saturated heterocycles. The van der Waals surface area contributed by atoms with Gasteiger partial charge in [-0.15, -0.1) is 0 Å². The molecule has 2 N–H and O–H groups in total. The summed E-state index contributed by atoms with van der Waals surface area (Å²) in [5.41, 5.74) is -0.375. The van der Waals surface area contributed by atoms with Gasteiger partial charge in [0.2, 0.25) is 0 Å². The molecule has 0 fully saturated rings. The second-order valence-electron chi connectivity index (χ2n) is 3.61. The number of H-pyrrole nitrogens is 1. The van der Waals surface area contributed by atoms with Gasteiger partial charge in [0.25, 0.3) is 11.5 Å². The zero-order valence-electron chi connectivity index (χ0n) is 9.34. The van der Waals surface area contributed by atoms with Crippen molar-refractivity contribution in [3.8, 4) is 0 Å². The van der Waals surface area contributed by atoms with Crippen molar-refractivity contribution >= 4 is 39.1 Å². The van der Waals surface area contributed by atoms with Crippen molar-refractivity contribution in [1.29, 1.82) is 0 Å². The van der Waals surface area contributed by atoms with Crippen LogP contribution >= 0.6 is 27.5 Å². The molecular formula is C12H7BrClFN2O2. The van der Waals surface area contributed by atoms with E-state index in [2.05, 4.69) is 26.2 Å². The molecule has 0 bridgehead atoms. The van der Waals surface area contributed by atoms with E-state index in [1.165, 1.54) is 18.3 Å². The van der Waals surface area contributed by atoms with Crippen molar-refractivity contribution in [2.24, 2.45) is 0 Å². The molecular weight excluding hydrogens is 338 g/mol. The van der Waals surface area contributed by atoms with Gasteiger partial charge in [-0.2, -0.15) is 0 Å². The van der Waals surface area contributed by atoms with E-state index in [1.54, 1.807) is 0 Å². The number of hydrogen-bond acceptors (Lipinski definition) is 2. The normalized spacial score (nSPS) is 10.3. The predicted molar refractivity (Wildman–Crippen MR) is 74.1 cm³/mol. The quantitative estimate of drug-likeness (QED) is 0.878. The van der Waals surface area contributed by atoms with E-state index in [-0.39, 0.29) is 16.3 Å². The summed E-state index contributed by atoms with van der Waals surface area (Å²) in [6.07, 6.45) is 1.42. The fraction of sp³-hybridized carbons (Fsp3) is 0. The van der Waals surface area contributed by atoms with Crippen molar-refractivity contribution in [1.82, 2.24) is 4.98 Å². The summed E-state index contributed by atoms with van der Waals surface area (Å²) in [5, 5.41) is 2.49. The fourth-order valence-corrected chi connectivity index (χ4v) is 2.34. The van der Waals surface area contributed by atoms with Crippen LogP contribution in [-0.2, 0) is 0 Å². The highest BCUT2D eigenvalue weighted by atomic mass is 79.9. The van der Waals surface area contributed by atoms with Crippen LogP contribution in [0.5, 0.6) is 0 Å². The highest BCUT2D eigenvalue weighted by Gasteiger charge is 2.14. The Morgan fingerprint density at radius 1 is 1.42 bits per heavy atom. The van der Waals surface area contributed by atoms with Crippen LogP contribution in [0.2, 0.25) is 5.02 Å². The first kappa shape index (κ1) is 13.8. The van der Waals surface area contributed by atoms with Crippen LogP contribution in [0.4, 0.5) is 10.1 Å². The molecule has 0 saturated carbocycles. The molecule has 0 aliphatic heterocycles. The highest BCUT2D eigenvalue weighted by molar-refractivity contribution is 9.10. The highest BCUT2D eigenvalue weighted by Crippen LogP contribution is 2.31. The molecule has 2 rings (SSSR count). The van der Waals surface area contributed by atoms with E-state index in [1.807, 2.05) is 0 Å². The summed E-state index contributed by atoms with van der Waals surface area (Å²) in [5.74, 6) is -1.16. The van der Waals surface area contributed by atoms with Gasteiger partial charge in [0.15, 0.2) is 0 Å². The molecule has 0 atom stereocenters. The number of carbonyl (C=O) groups excluding carboxylic acids is 1. The number of pyridine rings is 1. The van der Waals surface area contributed by atoms with Gasteiger partial charge in [-0.25, -0.2) is 4.39 Å². The molecule has 1 heterocycles. The van der Waals surface area contributed by atoms with Crippen LogP contribution in [0.15, 0.2) is 39.7 Å². The van der Waals surface area contributed by atoms with E-state index in [0.29, 0.717) is 4.47 Å². The largest absolute Gasteiger partial charge is 0.328 e. The standard InChI is InChI=1S/C12H7BrClFN2O2/c13-8-4-6(15)5-9(14)10(8)17-12(19)7-2-1-3-16-11(7)18/h1-5H,(H,16,18)(H,17,19). The van der Waals surface area contributed by atoms with Crippen molar-refractivity contribution in [2.45, 2.75) is 0 Å². The van der Waals surface area contributed by atoms with Gasteiger partial charge in [0, 0.05) is 10.7 Å². The zero-order valence-corrected chi connectivity index (χ0v) is 11.7. The fourth-order valence-electron chi connectivity index (χ4n) is 1.44. The van der Waals surface area contributed by atoms with Crippen molar-refractivity contribution in [2.75, 3.05) is 5.32 Å². The summed E-state index contributed by atoms with van der Waals surface area (Å²) < 4.78 is 13.3. The number of nitrogens with one attached hydrogen (secondary N) is 2. The first-order chi connectivity index (χ1) is 8.99. The summed E-state index contributed by atoms with van der Waals surface area (Å²) in [6.45, 7) is 0. The van der Waals surface area contributed by atoms with Gasteiger partial charge in [0.1, 0.15) is 11.4 Å². The van der Waals surface area contributed by atoms with Gasteiger partial charge in [0.05, 0.1) is 10.7 Å². The lowest BCUT2D eigenvalue weighted by Crippen LogP contribution is -2.22. The molecule has 1 aromatic carbocycles. The minimum Gasteiger partial charge on any atom is -0.328 e. The van der Waals surface area contributed by atoms with Crippen LogP contribution in [0.1, 0.15) is 10.4 Å². The smallest absolute Gasteiger partial charge is 0.261 e. The Morgan fingerprint density at radius 3 is 2.79 bits per heavy atom. The van der Waals surface area contributed by atoms with Crippen molar-refractivity contribution in [3.05, 3.63) is 61.7 Å². The minimum absolute atomic E-state index is 0.0348. The number of aromatic nitrogens is 1. The van der Waals surface area contributed by atoms with Gasteiger partial charge < -0.3 is 10.3 Å². The second kappa shape index (κ2) is 5.54. The lowest BCUT2D eigenvalue weighted by molar-refractivity contribution is 0.102. The first-order valence-corrected chi connectivity index (χ1v) is 6.29. The van der Waals surface area contributed by atoms with Crippen LogP contribution in [-0.4, -0.2) is 10.9 Å². The topological polar surface area (TPSA) is 62.0 Å². The number of benzene rings is 1. The summed E-state index contributed by atoms with van der Waals surface area (Å²) >= 11 is 8.93. The number of halogens is 3. The van der Waals surface area contributed by atoms with Crippen molar-refractivity contribution in [3.63, 3.8) is 0 Å². The third-order valence-corrected chi connectivity index (χ3v) is 3.23. The number of rotatable bonds is 2. The maximum absolute atomic E-state index is 13.1. The Hall–Kier alpha value is -1.66. The number of carbonyl (C=O) groups is 1. The van der Waals surface area contributed by atoms with E-state index in [0.717, 1.165) is 12.1 Å². The molecule has 98 valence electrons. The zero-order chi connectivity index (χ0) is 14.0. The molecule has 1 amide bonds. The molecule has 0 radical (unpaired) electrons. The molecule has 7 heteroatoms. The molecule has 19 heavy (non-hydrogen) atoms. The summed E-state index contributed by atoms with van der Waals surface area (Å²) in [7, 11) is 0. The Morgan fingerprint density at radius 2 is 2.16 bits per heavy atom. The van der Waals surface area contributed by atoms with Gasteiger partial charge in [-0.1, -0.05) is 11.6 Å². The van der Waals surface area contributed by atoms with Gasteiger partial charge in [-0.3, -0.25) is 9.59 Å². The maximum atomic E-state index is 13.1. The van der Waals surface area contributed by atoms with E-state index in [9.17, 15) is 14.0 Å². The van der Waals surface area contributed by atoms with Gasteiger partial charge >= 0.3 is 0 Å². The Labute approximate surface area is 120 Å². The number of amides is 1. The molecule has 1 aromatic heterocycles. The SMILES string of the molecule is O=C(Nc1c(Cl)cc(F)cc1Br)c1ccc[nH]c1=O. The molecule has 0 spiro atoms. The Kier molecular flexibility index (Phi) is 4.01. The predicted octanol–water partition coefficient (Wildman–Crippen LogP) is 3.18. The average molecular weight is 346 g/mol. The number of hydrogen-bond donors (Lipinski definition) is 2. The minimum atomic E-state index is -0.629. The monoisotopic (exact) mass is 344 g/mol. The maximum Gasteiger partial charge on any atom is 0.261 e. The van der Waals surface area contributed by atoms with Crippen LogP contribution in [0, 0.1) is 5.82 Å². The molecule has 2 aromatic rings.